The van der Waals surface area contributed by atoms with Crippen LogP contribution in [-0.2, 0) is 0 Å². The lowest BCUT2D eigenvalue weighted by atomic mass is 10.2. The van der Waals surface area contributed by atoms with E-state index in [0.717, 1.165) is 35.2 Å². The molecule has 0 bridgehead atoms. The Hall–Kier alpha value is -1.88. The van der Waals surface area contributed by atoms with Crippen molar-refractivity contribution < 1.29 is 4.79 Å². The monoisotopic (exact) mass is 361 g/mol. The van der Waals surface area contributed by atoms with E-state index in [1.807, 2.05) is 37.4 Å². The van der Waals surface area contributed by atoms with Crippen LogP contribution in [0.25, 0.3) is 0 Å². The molecule has 0 radical (unpaired) electrons. The summed E-state index contributed by atoms with van der Waals surface area (Å²) >= 11 is 3.39. The Kier molecular flexibility index (Phi) is 5.95. The fourth-order valence-corrected chi connectivity index (χ4v) is 2.45. The van der Waals surface area contributed by atoms with Crippen molar-refractivity contribution in [1.82, 2.24) is 4.98 Å². The zero-order chi connectivity index (χ0) is 15.9. The van der Waals surface area contributed by atoms with Crippen LogP contribution in [-0.4, -0.2) is 24.5 Å². The average molecular weight is 362 g/mol. The Labute approximate surface area is 139 Å². The number of carbonyl (C=O) groups excluding carboxylic acids is 1. The first-order valence-electron chi connectivity index (χ1n) is 7.33. The van der Waals surface area contributed by atoms with E-state index in [2.05, 4.69) is 38.1 Å². The van der Waals surface area contributed by atoms with E-state index in [1.165, 1.54) is 0 Å². The second-order valence-electron chi connectivity index (χ2n) is 5.17. The summed E-state index contributed by atoms with van der Waals surface area (Å²) in [6, 6.07) is 9.39. The summed E-state index contributed by atoms with van der Waals surface area (Å²) in [4.78, 5) is 18.6. The van der Waals surface area contributed by atoms with Crippen LogP contribution < -0.4 is 10.2 Å². The number of amides is 1. The van der Waals surface area contributed by atoms with Gasteiger partial charge in [0.2, 0.25) is 0 Å². The molecule has 0 saturated heterocycles. The molecule has 0 aliphatic rings. The third kappa shape index (κ3) is 4.56. The molecule has 2 aromatic rings. The van der Waals surface area contributed by atoms with Crippen molar-refractivity contribution in [3.63, 3.8) is 0 Å². The number of hydrogen-bond donors (Lipinski definition) is 1. The number of aromatic nitrogens is 1. The Morgan fingerprint density at radius 3 is 2.86 bits per heavy atom. The SMILES string of the molecule is CCCCN(C)c1cncc(C(=O)Nc2cccc(Br)c2)c1. The molecule has 0 aliphatic carbocycles. The number of nitrogens with one attached hydrogen (secondary N) is 1. The third-order valence-electron chi connectivity index (χ3n) is 3.36. The van der Waals surface area contributed by atoms with Gasteiger partial charge in [0.1, 0.15) is 0 Å². The first-order chi connectivity index (χ1) is 10.6. The van der Waals surface area contributed by atoms with Gasteiger partial charge in [-0.05, 0) is 30.7 Å². The number of benzene rings is 1. The smallest absolute Gasteiger partial charge is 0.257 e. The first-order valence-corrected chi connectivity index (χ1v) is 8.12. The molecule has 0 spiro atoms. The number of anilines is 2. The Balaban J connectivity index is 2.10. The van der Waals surface area contributed by atoms with Gasteiger partial charge in [0.25, 0.3) is 5.91 Å². The Morgan fingerprint density at radius 2 is 2.14 bits per heavy atom. The molecule has 1 aromatic heterocycles. The van der Waals surface area contributed by atoms with E-state index in [9.17, 15) is 4.79 Å². The number of carbonyl (C=O) groups is 1. The summed E-state index contributed by atoms with van der Waals surface area (Å²) < 4.78 is 0.927. The number of nitrogens with zero attached hydrogens (tertiary/aromatic N) is 2. The van der Waals surface area contributed by atoms with E-state index in [0.29, 0.717) is 5.56 Å². The minimum atomic E-state index is -0.156. The molecule has 0 aliphatic heterocycles. The zero-order valence-electron chi connectivity index (χ0n) is 12.8. The maximum absolute atomic E-state index is 12.3. The number of pyridine rings is 1. The highest BCUT2D eigenvalue weighted by Gasteiger charge is 2.09. The zero-order valence-corrected chi connectivity index (χ0v) is 14.4. The van der Waals surface area contributed by atoms with Gasteiger partial charge in [-0.3, -0.25) is 9.78 Å². The number of hydrogen-bond acceptors (Lipinski definition) is 3. The fourth-order valence-electron chi connectivity index (χ4n) is 2.05. The van der Waals surface area contributed by atoms with Gasteiger partial charge in [0, 0.05) is 29.9 Å². The molecule has 1 N–H and O–H groups in total. The maximum atomic E-state index is 12.3. The van der Waals surface area contributed by atoms with Gasteiger partial charge in [0.15, 0.2) is 0 Å². The van der Waals surface area contributed by atoms with Crippen molar-refractivity contribution in [3.8, 4) is 0 Å². The highest BCUT2D eigenvalue weighted by Crippen LogP contribution is 2.18. The molecule has 5 heteroatoms. The summed E-state index contributed by atoms with van der Waals surface area (Å²) in [6.07, 6.45) is 5.63. The molecule has 22 heavy (non-hydrogen) atoms. The van der Waals surface area contributed by atoms with E-state index in [1.54, 1.807) is 12.4 Å². The van der Waals surface area contributed by atoms with Gasteiger partial charge in [-0.25, -0.2) is 0 Å². The molecule has 0 atom stereocenters. The molecule has 116 valence electrons. The predicted octanol–water partition coefficient (Wildman–Crippen LogP) is 4.33. The third-order valence-corrected chi connectivity index (χ3v) is 3.85. The van der Waals surface area contributed by atoms with Gasteiger partial charge >= 0.3 is 0 Å². The van der Waals surface area contributed by atoms with Crippen LogP contribution in [0.2, 0.25) is 0 Å². The van der Waals surface area contributed by atoms with Crippen molar-refractivity contribution in [2.75, 3.05) is 23.8 Å². The molecule has 1 heterocycles. The second kappa shape index (κ2) is 7.94. The largest absolute Gasteiger partial charge is 0.373 e. The van der Waals surface area contributed by atoms with Crippen LogP contribution >= 0.6 is 15.9 Å². The molecule has 0 unspecified atom stereocenters. The van der Waals surface area contributed by atoms with Crippen LogP contribution in [0.1, 0.15) is 30.1 Å². The number of rotatable bonds is 6. The molecular formula is C17H20BrN3O. The highest BCUT2D eigenvalue weighted by molar-refractivity contribution is 9.10. The molecule has 0 fully saturated rings. The van der Waals surface area contributed by atoms with Crippen LogP contribution in [0.15, 0.2) is 47.2 Å². The van der Waals surface area contributed by atoms with Crippen molar-refractivity contribution in [2.24, 2.45) is 0 Å². The molecule has 0 saturated carbocycles. The fraction of sp³-hybridized carbons (Fsp3) is 0.294. The normalized spacial score (nSPS) is 10.3. The van der Waals surface area contributed by atoms with Crippen LogP contribution in [0.4, 0.5) is 11.4 Å². The van der Waals surface area contributed by atoms with Crippen LogP contribution in [0.3, 0.4) is 0 Å². The average Bonchev–Trinajstić information content (AvgIpc) is 2.52. The lowest BCUT2D eigenvalue weighted by Crippen LogP contribution is -2.19. The van der Waals surface area contributed by atoms with E-state index < -0.39 is 0 Å². The predicted molar refractivity (Wildman–Crippen MR) is 94.5 cm³/mol. The lowest BCUT2D eigenvalue weighted by Gasteiger charge is -2.19. The van der Waals surface area contributed by atoms with Crippen molar-refractivity contribution >= 4 is 33.2 Å². The van der Waals surface area contributed by atoms with Crippen molar-refractivity contribution in [3.05, 3.63) is 52.8 Å². The standard InChI is InChI=1S/C17H20BrN3O/c1-3-4-8-21(2)16-9-13(11-19-12-16)17(22)20-15-7-5-6-14(18)10-15/h5-7,9-12H,3-4,8H2,1-2H3,(H,20,22). The Morgan fingerprint density at radius 1 is 1.32 bits per heavy atom. The lowest BCUT2D eigenvalue weighted by molar-refractivity contribution is 0.102. The summed E-state index contributed by atoms with van der Waals surface area (Å²) in [5.41, 5.74) is 2.26. The molecule has 4 nitrogen and oxygen atoms in total. The van der Waals surface area contributed by atoms with E-state index >= 15 is 0 Å². The first kappa shape index (κ1) is 16.5. The second-order valence-corrected chi connectivity index (χ2v) is 6.09. The summed E-state index contributed by atoms with van der Waals surface area (Å²) in [5, 5.41) is 2.88. The maximum Gasteiger partial charge on any atom is 0.257 e. The minimum absolute atomic E-state index is 0.156. The summed E-state index contributed by atoms with van der Waals surface area (Å²) in [7, 11) is 2.02. The summed E-state index contributed by atoms with van der Waals surface area (Å²) in [6.45, 7) is 3.11. The quantitative estimate of drug-likeness (QED) is 0.832. The van der Waals surface area contributed by atoms with Gasteiger partial charge in [0.05, 0.1) is 17.4 Å². The highest BCUT2D eigenvalue weighted by atomic mass is 79.9. The van der Waals surface area contributed by atoms with Gasteiger partial charge < -0.3 is 10.2 Å². The Bertz CT molecular complexity index is 645. The number of halogens is 1. The molecule has 2 rings (SSSR count). The molecule has 1 aromatic carbocycles. The van der Waals surface area contributed by atoms with Gasteiger partial charge in [-0.2, -0.15) is 0 Å². The van der Waals surface area contributed by atoms with Crippen LogP contribution in [0.5, 0.6) is 0 Å². The number of unbranched alkanes of at least 4 members (excludes halogenated alkanes) is 1. The van der Waals surface area contributed by atoms with Gasteiger partial charge in [-0.15, -0.1) is 0 Å². The van der Waals surface area contributed by atoms with Crippen molar-refractivity contribution in [2.45, 2.75) is 19.8 Å². The minimum Gasteiger partial charge on any atom is -0.373 e. The van der Waals surface area contributed by atoms with E-state index in [4.69, 9.17) is 0 Å². The van der Waals surface area contributed by atoms with Crippen LogP contribution in [0, 0.1) is 0 Å². The van der Waals surface area contributed by atoms with Gasteiger partial charge in [-0.1, -0.05) is 35.3 Å². The molecular weight excluding hydrogens is 342 g/mol. The van der Waals surface area contributed by atoms with E-state index in [-0.39, 0.29) is 5.91 Å². The summed E-state index contributed by atoms with van der Waals surface area (Å²) in [5.74, 6) is -0.156. The van der Waals surface area contributed by atoms with Crippen molar-refractivity contribution in [1.29, 1.82) is 0 Å². The topological polar surface area (TPSA) is 45.2 Å². The molecule has 1 amide bonds.